The smallest absolute Gasteiger partial charge is 0.338 e. The van der Waals surface area contributed by atoms with E-state index in [2.05, 4.69) is 4.99 Å². The molecule has 2 aromatic carbocycles. The molecular formula is C25H22ClFN2O5S. The number of thiazole rings is 1. The second-order valence-electron chi connectivity index (χ2n) is 7.59. The van der Waals surface area contributed by atoms with Gasteiger partial charge in [-0.25, -0.2) is 14.2 Å². The first-order chi connectivity index (χ1) is 16.8. The summed E-state index contributed by atoms with van der Waals surface area (Å²) in [5.41, 5.74) is 1.48. The number of carbonyl (C=O) groups is 1. The molecule has 2 heterocycles. The number of allylic oxidation sites excluding steroid dienone is 1. The van der Waals surface area contributed by atoms with Crippen LogP contribution in [-0.4, -0.2) is 31.4 Å². The van der Waals surface area contributed by atoms with Crippen LogP contribution in [-0.2, 0) is 9.53 Å². The SMILES string of the molecule is CCOC(=O)C1=C(C)N=c2s/c(=C\c3cc(Cl)c(OC)c(OC)c3)c(=O)n2[C@H]1c1ccc(F)cc1. The van der Waals surface area contributed by atoms with E-state index in [9.17, 15) is 14.0 Å². The fourth-order valence-corrected chi connectivity index (χ4v) is 5.27. The van der Waals surface area contributed by atoms with Crippen LogP contribution in [0.2, 0.25) is 5.02 Å². The zero-order valence-corrected chi connectivity index (χ0v) is 21.0. The average molecular weight is 517 g/mol. The topological polar surface area (TPSA) is 79.1 Å². The van der Waals surface area contributed by atoms with Gasteiger partial charge in [0.2, 0.25) is 0 Å². The third-order valence-electron chi connectivity index (χ3n) is 5.46. The highest BCUT2D eigenvalue weighted by Gasteiger charge is 2.33. The minimum Gasteiger partial charge on any atom is -0.493 e. The lowest BCUT2D eigenvalue weighted by atomic mass is 9.96. The molecule has 0 fully saturated rings. The van der Waals surface area contributed by atoms with E-state index >= 15 is 0 Å². The monoisotopic (exact) mass is 516 g/mol. The normalized spacial score (nSPS) is 15.5. The number of nitrogens with zero attached hydrogens (tertiary/aromatic N) is 2. The highest BCUT2D eigenvalue weighted by molar-refractivity contribution is 7.07. The summed E-state index contributed by atoms with van der Waals surface area (Å²) in [6.07, 6.45) is 1.67. The van der Waals surface area contributed by atoms with Crippen molar-refractivity contribution in [2.24, 2.45) is 4.99 Å². The van der Waals surface area contributed by atoms with Gasteiger partial charge in [-0.3, -0.25) is 9.36 Å². The van der Waals surface area contributed by atoms with Crippen LogP contribution < -0.4 is 24.4 Å². The molecule has 0 saturated heterocycles. The molecule has 0 unspecified atom stereocenters. The van der Waals surface area contributed by atoms with Gasteiger partial charge in [0.25, 0.3) is 5.56 Å². The molecule has 0 aliphatic carbocycles. The van der Waals surface area contributed by atoms with Crippen LogP contribution in [0.5, 0.6) is 11.5 Å². The fraction of sp³-hybridized carbons (Fsp3) is 0.240. The Kier molecular flexibility index (Phi) is 7.09. The van der Waals surface area contributed by atoms with Crippen LogP contribution in [0.3, 0.4) is 0 Å². The van der Waals surface area contributed by atoms with Gasteiger partial charge in [0.15, 0.2) is 16.3 Å². The molecule has 3 aromatic rings. The lowest BCUT2D eigenvalue weighted by Gasteiger charge is -2.24. The van der Waals surface area contributed by atoms with Crippen molar-refractivity contribution in [2.45, 2.75) is 19.9 Å². The Hall–Kier alpha value is -3.43. The number of benzene rings is 2. The van der Waals surface area contributed by atoms with Crippen molar-refractivity contribution in [3.63, 3.8) is 0 Å². The van der Waals surface area contributed by atoms with Crippen LogP contribution in [0.25, 0.3) is 6.08 Å². The first-order valence-corrected chi connectivity index (χ1v) is 11.8. The Balaban J connectivity index is 1.94. The average Bonchev–Trinajstić information content (AvgIpc) is 3.12. The van der Waals surface area contributed by atoms with E-state index in [0.717, 1.165) is 0 Å². The predicted molar refractivity (Wildman–Crippen MR) is 131 cm³/mol. The Morgan fingerprint density at radius 1 is 1.23 bits per heavy atom. The van der Waals surface area contributed by atoms with E-state index in [1.807, 2.05) is 0 Å². The molecule has 1 aromatic heterocycles. The molecule has 7 nitrogen and oxygen atoms in total. The van der Waals surface area contributed by atoms with Gasteiger partial charge in [0, 0.05) is 0 Å². The van der Waals surface area contributed by atoms with Gasteiger partial charge in [0.05, 0.1) is 47.7 Å². The Bertz CT molecular complexity index is 1510. The number of rotatable bonds is 6. The van der Waals surface area contributed by atoms with Crippen LogP contribution in [0.15, 0.2) is 57.5 Å². The number of esters is 1. The van der Waals surface area contributed by atoms with E-state index in [4.69, 9.17) is 25.8 Å². The number of carbonyl (C=O) groups excluding carboxylic acids is 1. The molecule has 182 valence electrons. The van der Waals surface area contributed by atoms with E-state index in [-0.39, 0.29) is 17.7 Å². The summed E-state index contributed by atoms with van der Waals surface area (Å²) in [5.74, 6) is -0.198. The van der Waals surface area contributed by atoms with Gasteiger partial charge in [-0.2, -0.15) is 0 Å². The van der Waals surface area contributed by atoms with Crippen LogP contribution in [0, 0.1) is 5.82 Å². The fourth-order valence-electron chi connectivity index (χ4n) is 3.92. The number of hydrogen-bond donors (Lipinski definition) is 0. The van der Waals surface area contributed by atoms with Gasteiger partial charge in [-0.1, -0.05) is 35.1 Å². The van der Waals surface area contributed by atoms with Crippen LogP contribution in [0.4, 0.5) is 4.39 Å². The van der Waals surface area contributed by atoms with Gasteiger partial charge in [0.1, 0.15) is 5.82 Å². The highest BCUT2D eigenvalue weighted by Crippen LogP contribution is 2.36. The van der Waals surface area contributed by atoms with Crippen molar-refractivity contribution in [3.8, 4) is 11.5 Å². The zero-order chi connectivity index (χ0) is 25.3. The summed E-state index contributed by atoms with van der Waals surface area (Å²) in [6, 6.07) is 8.21. The maximum atomic E-state index is 13.7. The molecule has 0 N–H and O–H groups in total. The number of aromatic nitrogens is 1. The second kappa shape index (κ2) is 10.1. The standard InChI is InChI=1S/C25H22ClFN2O5S/c1-5-34-24(31)20-13(2)28-25-29(21(20)15-6-8-16(27)9-7-15)23(30)19(35-25)12-14-10-17(26)22(33-4)18(11-14)32-3/h6-12,21H,5H2,1-4H3/b19-12-/t21-/m0/s1. The minimum absolute atomic E-state index is 0.163. The molecule has 0 radical (unpaired) electrons. The largest absolute Gasteiger partial charge is 0.493 e. The molecule has 1 aliphatic rings. The van der Waals surface area contributed by atoms with E-state index in [0.29, 0.717) is 42.7 Å². The van der Waals surface area contributed by atoms with Gasteiger partial charge in [-0.05, 0) is 55.3 Å². The molecule has 10 heteroatoms. The maximum absolute atomic E-state index is 13.7. The van der Waals surface area contributed by atoms with Crippen LogP contribution in [0.1, 0.15) is 31.0 Å². The van der Waals surface area contributed by atoms with E-state index in [1.54, 1.807) is 44.2 Å². The molecule has 1 aliphatic heterocycles. The summed E-state index contributed by atoms with van der Waals surface area (Å²) in [6.45, 7) is 3.55. The lowest BCUT2D eigenvalue weighted by Crippen LogP contribution is -2.39. The maximum Gasteiger partial charge on any atom is 0.338 e. The molecule has 0 amide bonds. The first kappa shape index (κ1) is 24.7. The van der Waals surface area contributed by atoms with Crippen molar-refractivity contribution in [2.75, 3.05) is 20.8 Å². The summed E-state index contributed by atoms with van der Waals surface area (Å²) in [4.78, 5) is 31.4. The molecule has 1 atom stereocenters. The van der Waals surface area contributed by atoms with E-state index < -0.39 is 17.8 Å². The molecule has 4 rings (SSSR count). The highest BCUT2D eigenvalue weighted by atomic mass is 35.5. The van der Waals surface area contributed by atoms with Crippen LogP contribution >= 0.6 is 22.9 Å². The Labute approximate surface area is 209 Å². The van der Waals surface area contributed by atoms with Crippen molar-refractivity contribution < 1.29 is 23.4 Å². The van der Waals surface area contributed by atoms with Crippen molar-refractivity contribution >= 4 is 35.0 Å². The Morgan fingerprint density at radius 2 is 1.94 bits per heavy atom. The number of hydrogen-bond acceptors (Lipinski definition) is 7. The quantitative estimate of drug-likeness (QED) is 0.468. The van der Waals surface area contributed by atoms with Crippen molar-refractivity contribution in [1.82, 2.24) is 4.57 Å². The van der Waals surface area contributed by atoms with Gasteiger partial charge < -0.3 is 14.2 Å². The molecule has 35 heavy (non-hydrogen) atoms. The number of halogens is 2. The van der Waals surface area contributed by atoms with Gasteiger partial charge >= 0.3 is 5.97 Å². The first-order valence-electron chi connectivity index (χ1n) is 10.7. The lowest BCUT2D eigenvalue weighted by molar-refractivity contribution is -0.139. The number of fused-ring (bicyclic) bond motifs is 1. The Morgan fingerprint density at radius 3 is 2.57 bits per heavy atom. The summed E-state index contributed by atoms with van der Waals surface area (Å²) >= 11 is 7.50. The zero-order valence-electron chi connectivity index (χ0n) is 19.4. The third-order valence-corrected chi connectivity index (χ3v) is 6.72. The number of methoxy groups -OCH3 is 2. The third kappa shape index (κ3) is 4.61. The van der Waals surface area contributed by atoms with Gasteiger partial charge in [-0.15, -0.1) is 0 Å². The summed E-state index contributed by atoms with van der Waals surface area (Å²) < 4.78 is 31.3. The molecular weight excluding hydrogens is 495 g/mol. The predicted octanol–water partition coefficient (Wildman–Crippen LogP) is 3.61. The minimum atomic E-state index is -0.818. The summed E-state index contributed by atoms with van der Waals surface area (Å²) in [7, 11) is 2.98. The summed E-state index contributed by atoms with van der Waals surface area (Å²) in [5, 5.41) is 0.329. The molecule has 0 bridgehead atoms. The molecule has 0 saturated carbocycles. The van der Waals surface area contributed by atoms with Crippen molar-refractivity contribution in [3.05, 3.63) is 89.3 Å². The second-order valence-corrected chi connectivity index (χ2v) is 9.01. The van der Waals surface area contributed by atoms with Crippen molar-refractivity contribution in [1.29, 1.82) is 0 Å². The number of ether oxygens (including phenoxy) is 3. The van der Waals surface area contributed by atoms with E-state index in [1.165, 1.54) is 42.3 Å². The molecule has 0 spiro atoms.